The predicted octanol–water partition coefficient (Wildman–Crippen LogP) is 4.14. The van der Waals surface area contributed by atoms with E-state index in [1.165, 1.54) is 36.8 Å². The summed E-state index contributed by atoms with van der Waals surface area (Å²) < 4.78 is 6.18. The van der Waals surface area contributed by atoms with Gasteiger partial charge in [0.1, 0.15) is 5.75 Å². The standard InChI is InChI=1S/C23H32N2O2S/c26-12-8-21-17-24(10-11-25(21)16-20-9-13-28-18-20)15-19-4-3-7-23(14-19)27-22-5-1-2-6-22/h3-4,7,9,13-14,18,21-22,26H,1-2,5-6,8,10-12,15-17H2/t21-/m1/s1. The van der Waals surface area contributed by atoms with Gasteiger partial charge in [-0.15, -0.1) is 0 Å². The van der Waals surface area contributed by atoms with Gasteiger partial charge in [0.25, 0.3) is 0 Å². The van der Waals surface area contributed by atoms with Crippen LogP contribution in [0.4, 0.5) is 0 Å². The fourth-order valence-corrected chi connectivity index (χ4v) is 5.18. The number of thiophene rings is 1. The number of piperazine rings is 1. The Bertz CT molecular complexity index is 715. The molecule has 4 rings (SSSR count). The first kappa shape index (κ1) is 19.9. The highest BCUT2D eigenvalue weighted by Crippen LogP contribution is 2.25. The molecule has 2 fully saturated rings. The second-order valence-corrected chi connectivity index (χ2v) is 8.96. The Morgan fingerprint density at radius 2 is 1.96 bits per heavy atom. The Morgan fingerprint density at radius 3 is 2.75 bits per heavy atom. The lowest BCUT2D eigenvalue weighted by molar-refractivity contribution is 0.0500. The molecule has 0 bridgehead atoms. The summed E-state index contributed by atoms with van der Waals surface area (Å²) in [6.45, 7) is 5.34. The molecule has 5 heteroatoms. The number of hydrogen-bond donors (Lipinski definition) is 1. The molecule has 2 heterocycles. The average molecular weight is 401 g/mol. The zero-order chi connectivity index (χ0) is 19.2. The molecule has 0 spiro atoms. The van der Waals surface area contributed by atoms with Gasteiger partial charge in [0.15, 0.2) is 0 Å². The van der Waals surface area contributed by atoms with Gasteiger partial charge in [-0.1, -0.05) is 12.1 Å². The molecule has 1 aromatic heterocycles. The van der Waals surface area contributed by atoms with E-state index in [1.54, 1.807) is 11.3 Å². The Hall–Kier alpha value is -1.40. The minimum absolute atomic E-state index is 0.253. The van der Waals surface area contributed by atoms with Crippen molar-refractivity contribution in [1.29, 1.82) is 0 Å². The predicted molar refractivity (Wildman–Crippen MR) is 115 cm³/mol. The van der Waals surface area contributed by atoms with E-state index in [0.29, 0.717) is 12.1 Å². The molecule has 1 saturated carbocycles. The Balaban J connectivity index is 1.34. The minimum atomic E-state index is 0.253. The molecule has 2 aliphatic rings. The molecule has 1 N–H and O–H groups in total. The lowest BCUT2D eigenvalue weighted by Gasteiger charge is -2.41. The number of ether oxygens (including phenoxy) is 1. The molecule has 0 amide bonds. The van der Waals surface area contributed by atoms with Crippen molar-refractivity contribution in [3.8, 4) is 5.75 Å². The fraction of sp³-hybridized carbons (Fsp3) is 0.565. The van der Waals surface area contributed by atoms with Crippen LogP contribution in [0.1, 0.15) is 43.2 Å². The Labute approximate surface area is 172 Å². The third kappa shape index (κ3) is 5.35. The van der Waals surface area contributed by atoms with Crippen molar-refractivity contribution in [2.45, 2.75) is 57.3 Å². The van der Waals surface area contributed by atoms with Crippen molar-refractivity contribution < 1.29 is 9.84 Å². The summed E-state index contributed by atoms with van der Waals surface area (Å²) in [5.74, 6) is 1.02. The smallest absolute Gasteiger partial charge is 0.120 e. The van der Waals surface area contributed by atoms with Gasteiger partial charge in [-0.2, -0.15) is 11.3 Å². The zero-order valence-corrected chi connectivity index (χ0v) is 17.4. The summed E-state index contributed by atoms with van der Waals surface area (Å²) in [6.07, 6.45) is 6.23. The monoisotopic (exact) mass is 400 g/mol. The summed E-state index contributed by atoms with van der Waals surface area (Å²) in [6, 6.07) is 11.3. The number of aliphatic hydroxyl groups excluding tert-OH is 1. The van der Waals surface area contributed by atoms with Crippen LogP contribution in [-0.2, 0) is 13.1 Å². The van der Waals surface area contributed by atoms with Crippen LogP contribution in [0.3, 0.4) is 0 Å². The lowest BCUT2D eigenvalue weighted by atomic mass is 10.1. The minimum Gasteiger partial charge on any atom is -0.490 e. The second kappa shape index (κ2) is 9.88. The zero-order valence-electron chi connectivity index (χ0n) is 16.6. The molecule has 4 nitrogen and oxygen atoms in total. The van der Waals surface area contributed by atoms with Gasteiger partial charge in [-0.25, -0.2) is 0 Å². The quantitative estimate of drug-likeness (QED) is 0.722. The van der Waals surface area contributed by atoms with Crippen LogP contribution >= 0.6 is 11.3 Å². The van der Waals surface area contributed by atoms with E-state index in [-0.39, 0.29) is 6.61 Å². The highest BCUT2D eigenvalue weighted by atomic mass is 32.1. The van der Waals surface area contributed by atoms with Crippen LogP contribution in [0.25, 0.3) is 0 Å². The lowest BCUT2D eigenvalue weighted by Crippen LogP contribution is -2.52. The van der Waals surface area contributed by atoms with E-state index in [1.807, 2.05) is 0 Å². The molecule has 2 aromatic rings. The third-order valence-corrected chi connectivity index (χ3v) is 6.76. The number of hydrogen-bond acceptors (Lipinski definition) is 5. The first-order valence-corrected chi connectivity index (χ1v) is 11.6. The van der Waals surface area contributed by atoms with Crippen molar-refractivity contribution in [3.05, 3.63) is 52.2 Å². The molecule has 1 aromatic carbocycles. The second-order valence-electron chi connectivity index (χ2n) is 8.18. The van der Waals surface area contributed by atoms with E-state index in [9.17, 15) is 5.11 Å². The van der Waals surface area contributed by atoms with E-state index < -0.39 is 0 Å². The van der Waals surface area contributed by atoms with Crippen molar-refractivity contribution >= 4 is 11.3 Å². The van der Waals surface area contributed by atoms with E-state index in [4.69, 9.17) is 4.74 Å². The molecular weight excluding hydrogens is 368 g/mol. The van der Waals surface area contributed by atoms with Gasteiger partial charge >= 0.3 is 0 Å². The topological polar surface area (TPSA) is 35.9 Å². The number of benzene rings is 1. The third-order valence-electron chi connectivity index (χ3n) is 6.03. The van der Waals surface area contributed by atoms with Crippen molar-refractivity contribution in [2.24, 2.45) is 0 Å². The fourth-order valence-electron chi connectivity index (χ4n) is 4.52. The summed E-state index contributed by atoms with van der Waals surface area (Å²) in [7, 11) is 0. The Morgan fingerprint density at radius 1 is 1.07 bits per heavy atom. The molecule has 1 atom stereocenters. The molecule has 0 radical (unpaired) electrons. The number of nitrogens with zero attached hydrogens (tertiary/aromatic N) is 2. The molecule has 152 valence electrons. The van der Waals surface area contributed by atoms with E-state index in [0.717, 1.165) is 44.9 Å². The van der Waals surface area contributed by atoms with Crippen molar-refractivity contribution in [1.82, 2.24) is 9.80 Å². The molecule has 0 unspecified atom stereocenters. The van der Waals surface area contributed by atoms with Crippen molar-refractivity contribution in [2.75, 3.05) is 26.2 Å². The number of aliphatic hydroxyl groups is 1. The maximum atomic E-state index is 9.55. The van der Waals surface area contributed by atoms with Crippen LogP contribution in [0.15, 0.2) is 41.1 Å². The summed E-state index contributed by atoms with van der Waals surface area (Å²) in [4.78, 5) is 5.06. The molecule has 1 saturated heterocycles. The highest BCUT2D eigenvalue weighted by Gasteiger charge is 2.27. The highest BCUT2D eigenvalue weighted by molar-refractivity contribution is 7.07. The average Bonchev–Trinajstić information content (AvgIpc) is 3.39. The van der Waals surface area contributed by atoms with Gasteiger partial charge in [-0.3, -0.25) is 9.80 Å². The largest absolute Gasteiger partial charge is 0.490 e. The van der Waals surface area contributed by atoms with Gasteiger partial charge in [0, 0.05) is 45.4 Å². The van der Waals surface area contributed by atoms with Gasteiger partial charge in [-0.05, 0) is 72.2 Å². The molecule has 28 heavy (non-hydrogen) atoms. The van der Waals surface area contributed by atoms with Crippen LogP contribution in [0, 0.1) is 0 Å². The van der Waals surface area contributed by atoms with Crippen LogP contribution < -0.4 is 4.74 Å². The van der Waals surface area contributed by atoms with Crippen LogP contribution in [-0.4, -0.2) is 53.3 Å². The molecule has 1 aliphatic heterocycles. The first-order chi connectivity index (χ1) is 13.8. The van der Waals surface area contributed by atoms with Gasteiger partial charge < -0.3 is 9.84 Å². The summed E-state index contributed by atoms with van der Waals surface area (Å²) >= 11 is 1.76. The van der Waals surface area contributed by atoms with Crippen LogP contribution in [0.5, 0.6) is 5.75 Å². The molecule has 1 aliphatic carbocycles. The maximum absolute atomic E-state index is 9.55. The van der Waals surface area contributed by atoms with Gasteiger partial charge in [0.05, 0.1) is 6.10 Å². The van der Waals surface area contributed by atoms with E-state index in [2.05, 4.69) is 50.9 Å². The van der Waals surface area contributed by atoms with Crippen LogP contribution in [0.2, 0.25) is 0 Å². The van der Waals surface area contributed by atoms with Crippen molar-refractivity contribution in [3.63, 3.8) is 0 Å². The van der Waals surface area contributed by atoms with E-state index >= 15 is 0 Å². The Kier molecular flexibility index (Phi) is 7.02. The summed E-state index contributed by atoms with van der Waals surface area (Å²) in [5.41, 5.74) is 2.71. The SMILES string of the molecule is OCC[C@@H]1CN(Cc2cccc(OC3CCCC3)c2)CCN1Cc1ccsc1. The first-order valence-electron chi connectivity index (χ1n) is 10.6. The number of rotatable bonds is 8. The molecular formula is C23H32N2O2S. The normalized spacial score (nSPS) is 22.0. The van der Waals surface area contributed by atoms with Gasteiger partial charge in [0.2, 0.25) is 0 Å². The maximum Gasteiger partial charge on any atom is 0.120 e. The summed E-state index contributed by atoms with van der Waals surface area (Å²) in [5, 5.41) is 13.9.